The van der Waals surface area contributed by atoms with Crippen molar-refractivity contribution in [1.29, 1.82) is 0 Å². The quantitative estimate of drug-likeness (QED) is 0.133. The van der Waals surface area contributed by atoms with Gasteiger partial charge in [0.2, 0.25) is 19.7 Å². The van der Waals surface area contributed by atoms with Crippen molar-refractivity contribution in [2.45, 2.75) is 69.6 Å². The highest BCUT2D eigenvalue weighted by molar-refractivity contribution is 9.11. The Morgan fingerprint density at radius 3 is 1.12 bits per heavy atom. The third-order valence-corrected chi connectivity index (χ3v) is 16.2. The number of methoxy groups -OCH3 is 4. The molecule has 0 saturated carbocycles. The second-order valence-corrected chi connectivity index (χ2v) is 21.3. The van der Waals surface area contributed by atoms with Gasteiger partial charge >= 0.3 is 11.9 Å². The summed E-state index contributed by atoms with van der Waals surface area (Å²) in [5.41, 5.74) is 0.0476. The Balaban J connectivity index is 1.31. The highest BCUT2D eigenvalue weighted by Crippen LogP contribution is 2.40. The zero-order chi connectivity index (χ0) is 48.1. The predicted molar refractivity (Wildman–Crippen MR) is 248 cm³/mol. The molecule has 22 heteroatoms. The van der Waals surface area contributed by atoms with E-state index in [1.807, 2.05) is 14.1 Å². The molecule has 2 fully saturated rings. The smallest absolute Gasteiger partial charge is 0.363 e. The zero-order valence-corrected chi connectivity index (χ0v) is 41.9. The number of halogens is 2. The van der Waals surface area contributed by atoms with E-state index < -0.39 is 55.9 Å². The van der Waals surface area contributed by atoms with E-state index in [1.165, 1.54) is 101 Å². The minimum atomic E-state index is -4.18. The lowest BCUT2D eigenvalue weighted by atomic mass is 10.0. The lowest BCUT2D eigenvalue weighted by Gasteiger charge is -2.38. The number of likely N-dealkylation sites (tertiary alicyclic amines) is 2. The first-order valence-corrected chi connectivity index (χ1v) is 25.2. The normalized spacial score (nSPS) is 16.5. The summed E-state index contributed by atoms with van der Waals surface area (Å²) in [6.07, 6.45) is -3.35. The van der Waals surface area contributed by atoms with Gasteiger partial charge in [-0.15, -0.1) is 0 Å². The van der Waals surface area contributed by atoms with Crippen molar-refractivity contribution in [1.82, 2.24) is 9.80 Å². The SMILES string of the molecule is COc1ccc(S(=O)(=O)c2ccc(OC)c(N(OC(=O)C(O)C(O)C(=O)ON(c3cc(S(=O)(=O)c4ccc(OC)c(Br)c4)ccc3OC)C3CCN(C)CC3)C3CCN(C)CC3)c2)cc1Br. The number of hydrogen-bond donors (Lipinski definition) is 2. The average Bonchev–Trinajstić information content (AvgIpc) is 3.31. The summed E-state index contributed by atoms with van der Waals surface area (Å²) in [5.74, 6) is -1.84. The standard InChI is InChI=1S/C44H52Br2N4O14S2/c1-47-19-15-27(16-20-47)49(35-25-31(9-13-39(35)61-5)65(55,56)29-7-11-37(59-3)33(45)23-29)63-43(53)41(51)42(52)44(54)64-50(28-17-21-48(2)22-18-28)36-26-32(10-14-40(36)62-6)66(57,58)30-8-12-38(60-4)34(46)24-30/h7-14,23-28,41-42,51-52H,15-22H2,1-6H3. The molecule has 18 nitrogen and oxygen atoms in total. The van der Waals surface area contributed by atoms with Crippen molar-refractivity contribution in [3.05, 3.63) is 81.7 Å². The maximum Gasteiger partial charge on any atom is 0.363 e. The second-order valence-electron chi connectivity index (χ2n) is 15.7. The van der Waals surface area contributed by atoms with Crippen molar-refractivity contribution in [3.63, 3.8) is 0 Å². The third-order valence-electron chi connectivity index (χ3n) is 11.5. The fraction of sp³-hybridized carbons (Fsp3) is 0.409. The summed E-state index contributed by atoms with van der Waals surface area (Å²) in [6.45, 7) is 2.25. The molecule has 6 rings (SSSR count). The number of ether oxygens (including phenoxy) is 4. The van der Waals surface area contributed by atoms with Crippen molar-refractivity contribution in [2.24, 2.45) is 0 Å². The van der Waals surface area contributed by atoms with Crippen LogP contribution in [0.25, 0.3) is 0 Å². The molecule has 2 unspecified atom stereocenters. The molecule has 0 spiro atoms. The molecule has 358 valence electrons. The monoisotopic (exact) mass is 1080 g/mol. The van der Waals surface area contributed by atoms with E-state index in [1.54, 1.807) is 0 Å². The molecule has 0 aliphatic carbocycles. The Kier molecular flexibility index (Phi) is 16.5. The Morgan fingerprint density at radius 1 is 0.545 bits per heavy atom. The number of anilines is 2. The van der Waals surface area contributed by atoms with Gasteiger partial charge in [0.05, 0.1) is 69.1 Å². The summed E-state index contributed by atoms with van der Waals surface area (Å²) in [6, 6.07) is 15.5. The van der Waals surface area contributed by atoms with Crippen LogP contribution in [0, 0.1) is 0 Å². The molecule has 2 N–H and O–H groups in total. The van der Waals surface area contributed by atoms with Crippen molar-refractivity contribution in [2.75, 3.05) is 78.8 Å². The Labute approximate surface area is 400 Å². The van der Waals surface area contributed by atoms with E-state index in [9.17, 15) is 36.6 Å². The number of benzene rings is 4. The fourth-order valence-corrected chi connectivity index (χ4v) is 11.6. The Bertz CT molecular complexity index is 2450. The van der Waals surface area contributed by atoms with Gasteiger partial charge in [0, 0.05) is 0 Å². The van der Waals surface area contributed by atoms with Crippen LogP contribution in [0.1, 0.15) is 25.7 Å². The number of hydroxylamine groups is 2. The minimum Gasteiger partial charge on any atom is -0.496 e. The van der Waals surface area contributed by atoms with Gasteiger partial charge in [-0.2, -0.15) is 10.1 Å². The summed E-state index contributed by atoms with van der Waals surface area (Å²) < 4.78 is 78.5. The molecule has 2 aliphatic rings. The number of sulfone groups is 2. The lowest BCUT2D eigenvalue weighted by Crippen LogP contribution is -2.51. The molecule has 2 aliphatic heterocycles. The van der Waals surface area contributed by atoms with E-state index in [-0.39, 0.29) is 42.5 Å². The summed E-state index contributed by atoms with van der Waals surface area (Å²) in [4.78, 5) is 43.2. The van der Waals surface area contributed by atoms with Crippen LogP contribution in [0.15, 0.2) is 101 Å². The molecular weight excluding hydrogens is 1030 g/mol. The zero-order valence-electron chi connectivity index (χ0n) is 37.0. The van der Waals surface area contributed by atoms with E-state index in [2.05, 4.69) is 41.7 Å². The van der Waals surface area contributed by atoms with E-state index >= 15 is 0 Å². The van der Waals surface area contributed by atoms with Crippen LogP contribution in [0.3, 0.4) is 0 Å². The van der Waals surface area contributed by atoms with Crippen LogP contribution in [0.4, 0.5) is 11.4 Å². The highest BCUT2D eigenvalue weighted by atomic mass is 79.9. The molecule has 0 radical (unpaired) electrons. The number of nitrogens with zero attached hydrogens (tertiary/aromatic N) is 4. The third kappa shape index (κ3) is 11.0. The first kappa shape index (κ1) is 50.7. The molecule has 0 aromatic heterocycles. The first-order chi connectivity index (χ1) is 31.3. The Morgan fingerprint density at radius 2 is 0.833 bits per heavy atom. The van der Waals surface area contributed by atoms with Crippen molar-refractivity contribution >= 4 is 74.8 Å². The first-order valence-electron chi connectivity index (χ1n) is 20.6. The molecule has 0 bridgehead atoms. The van der Waals surface area contributed by atoms with E-state index in [0.717, 1.165) is 10.1 Å². The van der Waals surface area contributed by atoms with Crippen molar-refractivity contribution in [3.8, 4) is 23.0 Å². The van der Waals surface area contributed by atoms with Crippen LogP contribution >= 0.6 is 31.9 Å². The number of aliphatic hydroxyl groups is 2. The van der Waals surface area contributed by atoms with Crippen LogP contribution in [0.2, 0.25) is 0 Å². The van der Waals surface area contributed by atoms with Gasteiger partial charge in [0.25, 0.3) is 0 Å². The maximum absolute atomic E-state index is 14.0. The van der Waals surface area contributed by atoms with Gasteiger partial charge in [0.15, 0.2) is 12.2 Å². The molecule has 4 aromatic carbocycles. The van der Waals surface area contributed by atoms with E-state index in [4.69, 9.17) is 28.6 Å². The lowest BCUT2D eigenvalue weighted by molar-refractivity contribution is -0.176. The predicted octanol–water partition coefficient (Wildman–Crippen LogP) is 5.05. The maximum atomic E-state index is 14.0. The number of hydrogen-bond acceptors (Lipinski definition) is 18. The van der Waals surface area contributed by atoms with Crippen LogP contribution < -0.4 is 29.1 Å². The molecule has 4 aromatic rings. The number of piperidine rings is 2. The van der Waals surface area contributed by atoms with Crippen LogP contribution in [-0.2, 0) is 38.9 Å². The van der Waals surface area contributed by atoms with Gasteiger partial charge < -0.3 is 48.6 Å². The molecule has 0 amide bonds. The van der Waals surface area contributed by atoms with Gasteiger partial charge in [-0.25, -0.2) is 26.4 Å². The molecule has 66 heavy (non-hydrogen) atoms. The molecule has 2 saturated heterocycles. The summed E-state index contributed by atoms with van der Waals surface area (Å²) >= 11 is 6.67. The van der Waals surface area contributed by atoms with Gasteiger partial charge in [-0.05, 0) is 171 Å². The van der Waals surface area contributed by atoms with Crippen molar-refractivity contribution < 1.29 is 65.3 Å². The largest absolute Gasteiger partial charge is 0.496 e. The average molecular weight is 1080 g/mol. The number of carbonyl (C=O) groups excluding carboxylic acids is 2. The summed E-state index contributed by atoms with van der Waals surface area (Å²) in [7, 11) is 1.07. The van der Waals surface area contributed by atoms with Gasteiger partial charge in [-0.3, -0.25) is 0 Å². The summed E-state index contributed by atoms with van der Waals surface area (Å²) in [5, 5.41) is 25.0. The number of rotatable bonds is 17. The molecule has 2 heterocycles. The molecular formula is C44H52Br2N4O14S2. The van der Waals surface area contributed by atoms with E-state index in [0.29, 0.717) is 72.3 Å². The highest BCUT2D eigenvalue weighted by Gasteiger charge is 2.40. The fourth-order valence-electron chi connectivity index (χ4n) is 7.58. The van der Waals surface area contributed by atoms with Gasteiger partial charge in [-0.1, -0.05) is 0 Å². The van der Waals surface area contributed by atoms with Gasteiger partial charge in [0.1, 0.15) is 34.4 Å². The molecule has 2 atom stereocenters. The minimum absolute atomic E-state index is 0.0238. The van der Waals surface area contributed by atoms with Crippen LogP contribution in [0.5, 0.6) is 23.0 Å². The number of carbonyl (C=O) groups is 2. The topological polar surface area (TPSA) is 211 Å². The Hall–Kier alpha value is -4.68. The van der Waals surface area contributed by atoms with Crippen LogP contribution in [-0.4, -0.2) is 142 Å². The second kappa shape index (κ2) is 21.5. The number of aliphatic hydroxyl groups excluding tert-OH is 2.